The van der Waals surface area contributed by atoms with Crippen LogP contribution >= 0.6 is 0 Å². The number of piperidine rings is 1. The van der Waals surface area contributed by atoms with Crippen molar-refractivity contribution in [3.05, 3.63) is 54.5 Å². The molecule has 2 fully saturated rings. The molecular formula is C22H25N3O6. The zero-order valence-corrected chi connectivity index (χ0v) is 17.1. The maximum atomic E-state index is 12.4. The Bertz CT molecular complexity index is 893. The van der Waals surface area contributed by atoms with Gasteiger partial charge in [0.2, 0.25) is 5.91 Å². The number of rotatable bonds is 7. The highest BCUT2D eigenvalue weighted by Crippen LogP contribution is 2.23. The van der Waals surface area contributed by atoms with Crippen LogP contribution in [0.15, 0.2) is 53.1 Å². The fraction of sp³-hybridized carbons (Fsp3) is 0.409. The predicted octanol–water partition coefficient (Wildman–Crippen LogP) is 1.90. The Kier molecular flexibility index (Phi) is 6.40. The molecule has 1 atom stereocenters. The number of nitrogens with one attached hydrogen (secondary N) is 1. The first kappa shape index (κ1) is 20.8. The number of benzene rings is 1. The lowest BCUT2D eigenvalue weighted by Gasteiger charge is -2.35. The first-order valence-corrected chi connectivity index (χ1v) is 10.3. The Morgan fingerprint density at radius 3 is 2.58 bits per heavy atom. The van der Waals surface area contributed by atoms with Crippen molar-refractivity contribution in [2.45, 2.75) is 25.0 Å². The van der Waals surface area contributed by atoms with E-state index in [1.165, 1.54) is 6.26 Å². The van der Waals surface area contributed by atoms with Crippen LogP contribution in [-0.4, -0.2) is 72.6 Å². The molecule has 0 spiro atoms. The van der Waals surface area contributed by atoms with Gasteiger partial charge in [0.05, 0.1) is 19.4 Å². The van der Waals surface area contributed by atoms with E-state index in [-0.39, 0.29) is 36.5 Å². The number of carbonyl (C=O) groups excluding carboxylic acids is 3. The quantitative estimate of drug-likeness (QED) is 0.724. The summed E-state index contributed by atoms with van der Waals surface area (Å²) < 4.78 is 16.2. The summed E-state index contributed by atoms with van der Waals surface area (Å²) in [4.78, 5) is 40.0. The zero-order valence-electron chi connectivity index (χ0n) is 17.1. The van der Waals surface area contributed by atoms with Gasteiger partial charge in [-0.3, -0.25) is 9.59 Å². The maximum Gasteiger partial charge on any atom is 0.410 e. The van der Waals surface area contributed by atoms with E-state index in [0.29, 0.717) is 39.1 Å². The third-order valence-corrected chi connectivity index (χ3v) is 5.48. The van der Waals surface area contributed by atoms with Crippen LogP contribution < -0.4 is 10.1 Å². The van der Waals surface area contributed by atoms with Crippen molar-refractivity contribution in [3.8, 4) is 5.75 Å². The van der Waals surface area contributed by atoms with Gasteiger partial charge in [0.1, 0.15) is 12.4 Å². The molecule has 3 heterocycles. The summed E-state index contributed by atoms with van der Waals surface area (Å²) >= 11 is 0. The molecule has 164 valence electrons. The van der Waals surface area contributed by atoms with Gasteiger partial charge in [0.25, 0.3) is 5.91 Å². The van der Waals surface area contributed by atoms with Crippen LogP contribution in [0.2, 0.25) is 0 Å². The summed E-state index contributed by atoms with van der Waals surface area (Å²) in [6.07, 6.45) is 2.09. The number of likely N-dealkylation sites (tertiary alicyclic amines) is 1. The summed E-state index contributed by atoms with van der Waals surface area (Å²) in [5, 5.41) is 2.57. The third-order valence-electron chi connectivity index (χ3n) is 5.48. The van der Waals surface area contributed by atoms with Crippen LogP contribution in [0.1, 0.15) is 23.4 Å². The predicted molar refractivity (Wildman–Crippen MR) is 110 cm³/mol. The number of ether oxygens (including phenoxy) is 2. The van der Waals surface area contributed by atoms with Gasteiger partial charge in [-0.25, -0.2) is 4.79 Å². The van der Waals surface area contributed by atoms with Gasteiger partial charge in [0, 0.05) is 19.1 Å². The van der Waals surface area contributed by atoms with Crippen LogP contribution in [0.4, 0.5) is 4.79 Å². The largest absolute Gasteiger partial charge is 0.490 e. The molecule has 1 N–H and O–H groups in total. The lowest BCUT2D eigenvalue weighted by atomic mass is 10.0. The van der Waals surface area contributed by atoms with Crippen LogP contribution in [-0.2, 0) is 9.53 Å². The van der Waals surface area contributed by atoms with Gasteiger partial charge in [0.15, 0.2) is 11.9 Å². The van der Waals surface area contributed by atoms with Crippen molar-refractivity contribution in [2.24, 2.45) is 0 Å². The minimum atomic E-state index is -0.420. The standard InChI is InChI=1S/C22H25N3O6/c26-20(13-23-21(27)19-7-4-12-29-19)24-10-8-16(9-11-24)25-14-18(31-22(25)28)15-30-17-5-2-1-3-6-17/h1-7,12,16,18H,8-11,13-15H2,(H,23,27). The molecule has 1 aromatic heterocycles. The van der Waals surface area contributed by atoms with Crippen molar-refractivity contribution in [1.29, 1.82) is 0 Å². The second-order valence-corrected chi connectivity index (χ2v) is 7.55. The molecule has 0 radical (unpaired) electrons. The summed E-state index contributed by atoms with van der Waals surface area (Å²) in [6, 6.07) is 12.6. The minimum Gasteiger partial charge on any atom is -0.490 e. The molecule has 2 aliphatic rings. The topological polar surface area (TPSA) is 101 Å². The molecule has 1 aromatic carbocycles. The Balaban J connectivity index is 1.20. The Morgan fingerprint density at radius 1 is 1.10 bits per heavy atom. The van der Waals surface area contributed by atoms with E-state index in [0.717, 1.165) is 5.75 Å². The van der Waals surface area contributed by atoms with E-state index in [2.05, 4.69) is 5.32 Å². The van der Waals surface area contributed by atoms with Crippen molar-refractivity contribution in [3.63, 3.8) is 0 Å². The molecule has 9 nitrogen and oxygen atoms in total. The van der Waals surface area contributed by atoms with Gasteiger partial charge >= 0.3 is 6.09 Å². The first-order valence-electron chi connectivity index (χ1n) is 10.3. The number of cyclic esters (lactones) is 1. The molecule has 2 saturated heterocycles. The highest BCUT2D eigenvalue weighted by Gasteiger charge is 2.38. The molecule has 3 amide bonds. The number of carbonyl (C=O) groups is 3. The smallest absolute Gasteiger partial charge is 0.410 e. The van der Waals surface area contributed by atoms with Crippen molar-refractivity contribution >= 4 is 17.9 Å². The fourth-order valence-electron chi connectivity index (χ4n) is 3.82. The van der Waals surface area contributed by atoms with Crippen LogP contribution in [0.5, 0.6) is 5.75 Å². The molecule has 1 unspecified atom stereocenters. The SMILES string of the molecule is O=C(NCC(=O)N1CCC(N2CC(COc3ccccc3)OC2=O)CC1)c1ccco1. The summed E-state index contributed by atoms with van der Waals surface area (Å²) in [5.41, 5.74) is 0. The second-order valence-electron chi connectivity index (χ2n) is 7.55. The molecule has 4 rings (SSSR count). The second kappa shape index (κ2) is 9.55. The lowest BCUT2D eigenvalue weighted by molar-refractivity contribution is -0.131. The monoisotopic (exact) mass is 427 g/mol. The molecule has 2 aliphatic heterocycles. The Labute approximate surface area is 179 Å². The molecule has 31 heavy (non-hydrogen) atoms. The molecular weight excluding hydrogens is 402 g/mol. The number of nitrogens with zero attached hydrogens (tertiary/aromatic N) is 2. The van der Waals surface area contributed by atoms with E-state index >= 15 is 0 Å². The summed E-state index contributed by atoms with van der Waals surface area (Å²) in [6.45, 7) is 1.74. The van der Waals surface area contributed by atoms with Crippen molar-refractivity contribution in [1.82, 2.24) is 15.1 Å². The van der Waals surface area contributed by atoms with Gasteiger partial charge in [-0.05, 0) is 37.1 Å². The molecule has 2 aromatic rings. The Hall–Kier alpha value is -3.49. The zero-order chi connectivity index (χ0) is 21.6. The number of hydrogen-bond acceptors (Lipinski definition) is 6. The van der Waals surface area contributed by atoms with Gasteiger partial charge < -0.3 is 29.0 Å². The van der Waals surface area contributed by atoms with Gasteiger partial charge in [-0.15, -0.1) is 0 Å². The first-order chi connectivity index (χ1) is 15.1. The third kappa shape index (κ3) is 5.17. The highest BCUT2D eigenvalue weighted by molar-refractivity contribution is 5.94. The maximum absolute atomic E-state index is 12.4. The normalized spacial score (nSPS) is 19.2. The van der Waals surface area contributed by atoms with Gasteiger partial charge in [-0.1, -0.05) is 18.2 Å². The van der Waals surface area contributed by atoms with Gasteiger partial charge in [-0.2, -0.15) is 0 Å². The highest BCUT2D eigenvalue weighted by atomic mass is 16.6. The van der Waals surface area contributed by atoms with E-state index in [9.17, 15) is 14.4 Å². The minimum absolute atomic E-state index is 0.0241. The molecule has 9 heteroatoms. The lowest BCUT2D eigenvalue weighted by Crippen LogP contribution is -2.49. The van der Waals surface area contributed by atoms with E-state index in [1.807, 2.05) is 30.3 Å². The molecule has 0 bridgehead atoms. The van der Waals surface area contributed by atoms with Crippen LogP contribution in [0, 0.1) is 0 Å². The number of furan rings is 1. The number of amides is 3. The van der Waals surface area contributed by atoms with E-state index in [4.69, 9.17) is 13.9 Å². The molecule has 0 aliphatic carbocycles. The van der Waals surface area contributed by atoms with Crippen molar-refractivity contribution < 1.29 is 28.3 Å². The summed E-state index contributed by atoms with van der Waals surface area (Å²) in [7, 11) is 0. The number of para-hydroxylation sites is 1. The van der Waals surface area contributed by atoms with Crippen molar-refractivity contribution in [2.75, 3.05) is 32.8 Å². The van der Waals surface area contributed by atoms with E-state index < -0.39 is 5.91 Å². The van der Waals surface area contributed by atoms with E-state index in [1.54, 1.807) is 21.9 Å². The van der Waals surface area contributed by atoms with Crippen LogP contribution in [0.3, 0.4) is 0 Å². The Morgan fingerprint density at radius 2 is 1.87 bits per heavy atom. The average molecular weight is 427 g/mol. The van der Waals surface area contributed by atoms with Crippen LogP contribution in [0.25, 0.3) is 0 Å². The average Bonchev–Trinajstić information content (AvgIpc) is 3.47. The molecule has 0 saturated carbocycles. The fourth-order valence-corrected chi connectivity index (χ4v) is 3.82. The number of hydrogen-bond donors (Lipinski definition) is 1. The summed E-state index contributed by atoms with van der Waals surface area (Å²) in [5.74, 6) is 0.334.